The third kappa shape index (κ3) is 2.85. The van der Waals surface area contributed by atoms with E-state index >= 15 is 0 Å². The maximum absolute atomic E-state index is 5.68. The second kappa shape index (κ2) is 5.66. The molecule has 0 atom stereocenters. The Labute approximate surface area is 130 Å². The lowest BCUT2D eigenvalue weighted by Crippen LogP contribution is -1.86. The average Bonchev–Trinajstić information content (AvgIpc) is 2.87. The van der Waals surface area contributed by atoms with Crippen LogP contribution >= 0.6 is 22.6 Å². The van der Waals surface area contributed by atoms with Crippen molar-refractivity contribution in [2.24, 2.45) is 0 Å². The third-order valence-corrected chi connectivity index (χ3v) is 3.65. The lowest BCUT2D eigenvalue weighted by atomic mass is 10.2. The average molecular weight is 376 g/mol. The van der Waals surface area contributed by atoms with Crippen molar-refractivity contribution < 1.29 is 4.42 Å². The summed E-state index contributed by atoms with van der Waals surface area (Å²) in [5.74, 6) is 0.625. The smallest absolute Gasteiger partial charge is 0.220 e. The molecule has 2 aromatic carbocycles. The standard InChI is InChI=1S/C16H13IN2O/c1-18-13-6-2-11(3-7-13)4-9-16-19-14-10-12(17)5-8-15(14)20-16/h2-10,18H,1H3/b9-4+. The van der Waals surface area contributed by atoms with Gasteiger partial charge in [-0.3, -0.25) is 0 Å². The summed E-state index contributed by atoms with van der Waals surface area (Å²) >= 11 is 2.27. The van der Waals surface area contributed by atoms with Crippen LogP contribution in [0.2, 0.25) is 0 Å². The van der Waals surface area contributed by atoms with Crippen molar-refractivity contribution in [3.63, 3.8) is 0 Å². The highest BCUT2D eigenvalue weighted by molar-refractivity contribution is 14.1. The molecule has 0 radical (unpaired) electrons. The molecule has 0 fully saturated rings. The minimum absolute atomic E-state index is 0.625. The van der Waals surface area contributed by atoms with E-state index in [1.165, 1.54) is 0 Å². The molecule has 0 saturated carbocycles. The molecule has 1 heterocycles. The predicted molar refractivity (Wildman–Crippen MR) is 91.6 cm³/mol. The van der Waals surface area contributed by atoms with Crippen LogP contribution in [0, 0.1) is 3.57 Å². The minimum Gasteiger partial charge on any atom is -0.437 e. The highest BCUT2D eigenvalue weighted by Gasteiger charge is 2.03. The van der Waals surface area contributed by atoms with E-state index in [9.17, 15) is 0 Å². The number of benzene rings is 2. The van der Waals surface area contributed by atoms with Gasteiger partial charge < -0.3 is 9.73 Å². The van der Waals surface area contributed by atoms with Crippen molar-refractivity contribution in [1.29, 1.82) is 0 Å². The van der Waals surface area contributed by atoms with E-state index in [2.05, 4.69) is 32.9 Å². The van der Waals surface area contributed by atoms with Crippen molar-refractivity contribution in [2.45, 2.75) is 0 Å². The number of fused-ring (bicyclic) bond motifs is 1. The molecule has 0 amide bonds. The van der Waals surface area contributed by atoms with Gasteiger partial charge in [0.2, 0.25) is 5.89 Å². The van der Waals surface area contributed by atoms with Crippen LogP contribution in [-0.2, 0) is 0 Å². The first kappa shape index (κ1) is 13.2. The lowest BCUT2D eigenvalue weighted by molar-refractivity contribution is 0.589. The second-order valence-corrected chi connectivity index (χ2v) is 5.62. The van der Waals surface area contributed by atoms with Gasteiger partial charge in [-0.15, -0.1) is 0 Å². The number of rotatable bonds is 3. The highest BCUT2D eigenvalue weighted by Crippen LogP contribution is 2.20. The van der Waals surface area contributed by atoms with Crippen LogP contribution in [0.3, 0.4) is 0 Å². The molecule has 20 heavy (non-hydrogen) atoms. The molecule has 0 aliphatic rings. The quantitative estimate of drug-likeness (QED) is 0.677. The number of halogens is 1. The van der Waals surface area contributed by atoms with Crippen molar-refractivity contribution in [2.75, 3.05) is 12.4 Å². The summed E-state index contributed by atoms with van der Waals surface area (Å²) in [4.78, 5) is 4.45. The summed E-state index contributed by atoms with van der Waals surface area (Å²) in [5.41, 5.74) is 3.91. The number of hydrogen-bond donors (Lipinski definition) is 1. The van der Waals surface area contributed by atoms with Gasteiger partial charge in [0.15, 0.2) is 5.58 Å². The highest BCUT2D eigenvalue weighted by atomic mass is 127. The van der Waals surface area contributed by atoms with Crippen molar-refractivity contribution in [1.82, 2.24) is 4.98 Å². The van der Waals surface area contributed by atoms with Gasteiger partial charge in [-0.25, -0.2) is 4.98 Å². The van der Waals surface area contributed by atoms with Gasteiger partial charge in [0.05, 0.1) is 0 Å². The van der Waals surface area contributed by atoms with Gasteiger partial charge in [0.25, 0.3) is 0 Å². The normalized spacial score (nSPS) is 11.3. The Morgan fingerprint density at radius 1 is 1.10 bits per heavy atom. The van der Waals surface area contributed by atoms with E-state index in [0.717, 1.165) is 25.9 Å². The largest absolute Gasteiger partial charge is 0.437 e. The van der Waals surface area contributed by atoms with Gasteiger partial charge >= 0.3 is 0 Å². The Bertz CT molecular complexity index is 760. The number of aromatic nitrogens is 1. The van der Waals surface area contributed by atoms with Gasteiger partial charge in [-0.05, 0) is 64.6 Å². The second-order valence-electron chi connectivity index (χ2n) is 4.37. The maximum Gasteiger partial charge on any atom is 0.220 e. The molecule has 3 nitrogen and oxygen atoms in total. The number of hydrogen-bond acceptors (Lipinski definition) is 3. The van der Waals surface area contributed by atoms with Crippen LogP contribution in [0.15, 0.2) is 46.9 Å². The Morgan fingerprint density at radius 3 is 2.65 bits per heavy atom. The monoisotopic (exact) mass is 376 g/mol. The lowest BCUT2D eigenvalue weighted by Gasteiger charge is -1.98. The molecule has 3 aromatic rings. The number of oxazole rings is 1. The molecule has 3 rings (SSSR count). The van der Waals surface area contributed by atoms with Gasteiger partial charge in [0.1, 0.15) is 5.52 Å². The van der Waals surface area contributed by atoms with E-state index in [4.69, 9.17) is 4.42 Å². The Morgan fingerprint density at radius 2 is 1.90 bits per heavy atom. The molecule has 0 bridgehead atoms. The van der Waals surface area contributed by atoms with Crippen LogP contribution < -0.4 is 5.32 Å². The first-order valence-corrected chi connectivity index (χ1v) is 7.34. The summed E-state index contributed by atoms with van der Waals surface area (Å²) in [6.45, 7) is 0. The summed E-state index contributed by atoms with van der Waals surface area (Å²) in [6.07, 6.45) is 3.89. The molecule has 0 spiro atoms. The zero-order valence-electron chi connectivity index (χ0n) is 10.9. The van der Waals surface area contributed by atoms with Crippen molar-refractivity contribution >= 4 is 51.5 Å². The third-order valence-electron chi connectivity index (χ3n) is 2.98. The minimum atomic E-state index is 0.625. The first-order chi connectivity index (χ1) is 9.74. The zero-order valence-corrected chi connectivity index (χ0v) is 13.1. The van der Waals surface area contributed by atoms with E-state index in [1.807, 2.05) is 61.7 Å². The van der Waals surface area contributed by atoms with Crippen LogP contribution in [0.25, 0.3) is 23.3 Å². The molecule has 4 heteroatoms. The first-order valence-electron chi connectivity index (χ1n) is 6.26. The molecule has 1 aromatic heterocycles. The zero-order chi connectivity index (χ0) is 13.9. The Balaban J connectivity index is 1.85. The van der Waals surface area contributed by atoms with Crippen LogP contribution in [-0.4, -0.2) is 12.0 Å². The topological polar surface area (TPSA) is 38.1 Å². The van der Waals surface area contributed by atoms with Gasteiger partial charge in [-0.1, -0.05) is 12.1 Å². The molecule has 100 valence electrons. The summed E-state index contributed by atoms with van der Waals surface area (Å²) in [5, 5.41) is 3.10. The molecule has 0 aliphatic heterocycles. The summed E-state index contributed by atoms with van der Waals surface area (Å²) in [6, 6.07) is 14.1. The van der Waals surface area contributed by atoms with Crippen molar-refractivity contribution in [3.8, 4) is 0 Å². The molecular weight excluding hydrogens is 363 g/mol. The number of anilines is 1. The molecule has 0 saturated heterocycles. The fourth-order valence-electron chi connectivity index (χ4n) is 1.92. The van der Waals surface area contributed by atoms with Gasteiger partial charge in [0, 0.05) is 22.4 Å². The number of nitrogens with one attached hydrogen (secondary N) is 1. The summed E-state index contributed by atoms with van der Waals surface area (Å²) < 4.78 is 6.83. The molecule has 1 N–H and O–H groups in total. The van der Waals surface area contributed by atoms with E-state index in [1.54, 1.807) is 0 Å². The van der Waals surface area contributed by atoms with E-state index in [-0.39, 0.29) is 0 Å². The van der Waals surface area contributed by atoms with Crippen molar-refractivity contribution in [3.05, 3.63) is 57.5 Å². The van der Waals surface area contributed by atoms with Crippen LogP contribution in [0.5, 0.6) is 0 Å². The fourth-order valence-corrected chi connectivity index (χ4v) is 2.39. The Kier molecular flexibility index (Phi) is 3.73. The molecular formula is C16H13IN2O. The van der Waals surface area contributed by atoms with Crippen LogP contribution in [0.4, 0.5) is 5.69 Å². The maximum atomic E-state index is 5.68. The van der Waals surface area contributed by atoms with Crippen LogP contribution in [0.1, 0.15) is 11.5 Å². The molecule has 0 aliphatic carbocycles. The summed E-state index contributed by atoms with van der Waals surface area (Å²) in [7, 11) is 1.91. The molecule has 0 unspecified atom stereocenters. The SMILES string of the molecule is CNc1ccc(/C=C/c2nc3cc(I)ccc3o2)cc1. The fraction of sp³-hybridized carbons (Fsp3) is 0.0625. The number of nitrogens with zero attached hydrogens (tertiary/aromatic N) is 1. The van der Waals surface area contributed by atoms with E-state index in [0.29, 0.717) is 5.89 Å². The van der Waals surface area contributed by atoms with Gasteiger partial charge in [-0.2, -0.15) is 0 Å². The Hall–Kier alpha value is -1.82. The van der Waals surface area contributed by atoms with E-state index < -0.39 is 0 Å². The predicted octanol–water partition coefficient (Wildman–Crippen LogP) is 4.64.